The fourth-order valence-corrected chi connectivity index (χ4v) is 3.59. The third-order valence-corrected chi connectivity index (χ3v) is 5.16. The highest BCUT2D eigenvalue weighted by molar-refractivity contribution is 6.18. The second-order valence-electron chi connectivity index (χ2n) is 6.94. The van der Waals surface area contributed by atoms with Crippen molar-refractivity contribution >= 4 is 23.2 Å². The Labute approximate surface area is 169 Å². The first-order valence-corrected chi connectivity index (χ1v) is 9.59. The first kappa shape index (κ1) is 18.7. The SMILES string of the molecule is CCc1cccc(NC(=O)c2cccc3c2C(=O)N(c2ccc(OC)cc2)C3)c1. The zero-order valence-electron chi connectivity index (χ0n) is 16.4. The molecule has 0 aromatic heterocycles. The molecule has 0 unspecified atom stereocenters. The van der Waals surface area contributed by atoms with E-state index in [2.05, 4.69) is 12.2 Å². The van der Waals surface area contributed by atoms with Crippen molar-refractivity contribution in [1.29, 1.82) is 0 Å². The summed E-state index contributed by atoms with van der Waals surface area (Å²) in [5.41, 5.74) is 4.35. The lowest BCUT2D eigenvalue weighted by Gasteiger charge is -2.16. The van der Waals surface area contributed by atoms with Gasteiger partial charge in [-0.05, 0) is 60.0 Å². The molecule has 0 spiro atoms. The molecule has 146 valence electrons. The van der Waals surface area contributed by atoms with Gasteiger partial charge in [0.05, 0.1) is 24.8 Å². The van der Waals surface area contributed by atoms with Crippen LogP contribution in [0.2, 0.25) is 0 Å². The largest absolute Gasteiger partial charge is 0.497 e. The number of amides is 2. The van der Waals surface area contributed by atoms with Crippen molar-refractivity contribution in [2.24, 2.45) is 0 Å². The molecule has 0 aliphatic carbocycles. The topological polar surface area (TPSA) is 58.6 Å². The average molecular weight is 386 g/mol. The van der Waals surface area contributed by atoms with Gasteiger partial charge in [0.2, 0.25) is 0 Å². The molecule has 29 heavy (non-hydrogen) atoms. The molecule has 0 bridgehead atoms. The molecule has 4 rings (SSSR count). The minimum absolute atomic E-state index is 0.168. The highest BCUT2D eigenvalue weighted by Crippen LogP contribution is 2.31. The van der Waals surface area contributed by atoms with Crippen LogP contribution in [0.1, 0.15) is 38.8 Å². The number of fused-ring (bicyclic) bond motifs is 1. The maximum atomic E-state index is 13.1. The number of carbonyl (C=O) groups excluding carboxylic acids is 2. The quantitative estimate of drug-likeness (QED) is 0.693. The molecule has 3 aromatic carbocycles. The van der Waals surface area contributed by atoms with E-state index in [0.717, 1.165) is 34.7 Å². The monoisotopic (exact) mass is 386 g/mol. The normalized spacial score (nSPS) is 12.6. The number of methoxy groups -OCH3 is 1. The molecule has 2 amide bonds. The highest BCUT2D eigenvalue weighted by atomic mass is 16.5. The molecule has 0 saturated heterocycles. The summed E-state index contributed by atoms with van der Waals surface area (Å²) in [6, 6.07) is 20.5. The molecule has 1 heterocycles. The third-order valence-electron chi connectivity index (χ3n) is 5.16. The average Bonchev–Trinajstić information content (AvgIpc) is 3.10. The number of hydrogen-bond acceptors (Lipinski definition) is 3. The van der Waals surface area contributed by atoms with Gasteiger partial charge in [0, 0.05) is 11.4 Å². The van der Waals surface area contributed by atoms with Crippen molar-refractivity contribution in [3.63, 3.8) is 0 Å². The van der Waals surface area contributed by atoms with E-state index in [1.54, 1.807) is 18.1 Å². The standard InChI is InChI=1S/C24H22N2O3/c1-3-16-6-4-8-18(14-16)25-23(27)21-9-5-7-17-15-26(24(28)22(17)21)19-10-12-20(29-2)13-11-19/h4-14H,3,15H2,1-2H3,(H,25,27). The van der Waals surface area contributed by atoms with Gasteiger partial charge < -0.3 is 15.0 Å². The number of ether oxygens (including phenoxy) is 1. The molecule has 1 aliphatic rings. The smallest absolute Gasteiger partial charge is 0.259 e. The van der Waals surface area contributed by atoms with Crippen LogP contribution in [0.4, 0.5) is 11.4 Å². The lowest BCUT2D eigenvalue weighted by Crippen LogP contribution is -2.24. The van der Waals surface area contributed by atoms with Crippen molar-refractivity contribution in [1.82, 2.24) is 0 Å². The van der Waals surface area contributed by atoms with Gasteiger partial charge in [-0.15, -0.1) is 0 Å². The predicted octanol–water partition coefficient (Wildman–Crippen LogP) is 4.67. The van der Waals surface area contributed by atoms with Gasteiger partial charge in [-0.1, -0.05) is 31.2 Å². The van der Waals surface area contributed by atoms with Crippen molar-refractivity contribution in [2.45, 2.75) is 19.9 Å². The summed E-state index contributed by atoms with van der Waals surface area (Å²) in [4.78, 5) is 27.8. The number of rotatable bonds is 5. The third kappa shape index (κ3) is 3.59. The molecule has 0 saturated carbocycles. The number of anilines is 2. The van der Waals surface area contributed by atoms with Gasteiger partial charge in [-0.2, -0.15) is 0 Å². The summed E-state index contributed by atoms with van der Waals surface area (Å²) >= 11 is 0. The number of hydrogen-bond donors (Lipinski definition) is 1. The van der Waals surface area contributed by atoms with Crippen LogP contribution >= 0.6 is 0 Å². The molecule has 5 heteroatoms. The van der Waals surface area contributed by atoms with E-state index in [0.29, 0.717) is 17.7 Å². The Kier molecular flexibility index (Phi) is 5.04. The molecule has 0 fully saturated rings. The number of benzene rings is 3. The maximum absolute atomic E-state index is 13.1. The summed E-state index contributed by atoms with van der Waals surface area (Å²) in [6.07, 6.45) is 0.889. The van der Waals surface area contributed by atoms with Crippen LogP contribution in [0, 0.1) is 0 Å². The summed E-state index contributed by atoms with van der Waals surface area (Å²) in [6.45, 7) is 2.50. The van der Waals surface area contributed by atoms with E-state index in [4.69, 9.17) is 4.74 Å². The van der Waals surface area contributed by atoms with Crippen LogP contribution in [-0.2, 0) is 13.0 Å². The van der Waals surface area contributed by atoms with Crippen LogP contribution in [0.3, 0.4) is 0 Å². The van der Waals surface area contributed by atoms with Crippen molar-refractivity contribution in [3.05, 3.63) is 89.0 Å². The maximum Gasteiger partial charge on any atom is 0.259 e. The summed E-state index contributed by atoms with van der Waals surface area (Å²) < 4.78 is 5.19. The van der Waals surface area contributed by atoms with Gasteiger partial charge in [-0.25, -0.2) is 0 Å². The summed E-state index contributed by atoms with van der Waals surface area (Å²) in [7, 11) is 1.60. The van der Waals surface area contributed by atoms with E-state index in [1.807, 2.05) is 60.7 Å². The lowest BCUT2D eigenvalue weighted by atomic mass is 10.0. The van der Waals surface area contributed by atoms with E-state index in [9.17, 15) is 9.59 Å². The molecular weight excluding hydrogens is 364 g/mol. The zero-order chi connectivity index (χ0) is 20.4. The Bertz CT molecular complexity index is 1070. The number of carbonyl (C=O) groups is 2. The minimum Gasteiger partial charge on any atom is -0.497 e. The Morgan fingerprint density at radius 1 is 1.07 bits per heavy atom. The van der Waals surface area contributed by atoms with Crippen LogP contribution in [-0.4, -0.2) is 18.9 Å². The van der Waals surface area contributed by atoms with Crippen molar-refractivity contribution in [2.75, 3.05) is 17.3 Å². The van der Waals surface area contributed by atoms with Gasteiger partial charge in [-0.3, -0.25) is 9.59 Å². The van der Waals surface area contributed by atoms with Crippen LogP contribution < -0.4 is 15.0 Å². The molecular formula is C24H22N2O3. The first-order chi connectivity index (χ1) is 14.1. The van der Waals surface area contributed by atoms with Crippen molar-refractivity contribution in [3.8, 4) is 5.75 Å². The van der Waals surface area contributed by atoms with E-state index in [-0.39, 0.29) is 11.8 Å². The molecule has 0 atom stereocenters. The summed E-state index contributed by atoms with van der Waals surface area (Å²) in [5.74, 6) is 0.283. The number of nitrogens with zero attached hydrogens (tertiary/aromatic N) is 1. The van der Waals surface area contributed by atoms with Crippen LogP contribution in [0.25, 0.3) is 0 Å². The number of nitrogens with one attached hydrogen (secondary N) is 1. The summed E-state index contributed by atoms with van der Waals surface area (Å²) in [5, 5.41) is 2.93. The first-order valence-electron chi connectivity index (χ1n) is 9.59. The molecule has 1 N–H and O–H groups in total. The van der Waals surface area contributed by atoms with E-state index in [1.165, 1.54) is 0 Å². The molecule has 3 aromatic rings. The van der Waals surface area contributed by atoms with Gasteiger partial charge in [0.1, 0.15) is 5.75 Å². The fourth-order valence-electron chi connectivity index (χ4n) is 3.59. The van der Waals surface area contributed by atoms with E-state index < -0.39 is 0 Å². The Hall–Kier alpha value is -3.60. The van der Waals surface area contributed by atoms with Crippen LogP contribution in [0.15, 0.2) is 66.7 Å². The van der Waals surface area contributed by atoms with E-state index >= 15 is 0 Å². The second kappa shape index (κ2) is 7.80. The van der Waals surface area contributed by atoms with Crippen LogP contribution in [0.5, 0.6) is 5.75 Å². The minimum atomic E-state index is -0.278. The molecule has 1 aliphatic heterocycles. The predicted molar refractivity (Wildman–Crippen MR) is 114 cm³/mol. The van der Waals surface area contributed by atoms with Gasteiger partial charge >= 0.3 is 0 Å². The molecule has 0 radical (unpaired) electrons. The Morgan fingerprint density at radius 3 is 2.55 bits per heavy atom. The highest BCUT2D eigenvalue weighted by Gasteiger charge is 2.32. The fraction of sp³-hybridized carbons (Fsp3) is 0.167. The van der Waals surface area contributed by atoms with Crippen molar-refractivity contribution < 1.29 is 14.3 Å². The Balaban J connectivity index is 1.62. The zero-order valence-corrected chi connectivity index (χ0v) is 16.4. The Morgan fingerprint density at radius 2 is 1.83 bits per heavy atom. The lowest BCUT2D eigenvalue weighted by molar-refractivity contribution is 0.0976. The van der Waals surface area contributed by atoms with Gasteiger partial charge in [0.15, 0.2) is 0 Å². The molecule has 5 nitrogen and oxygen atoms in total. The second-order valence-corrected chi connectivity index (χ2v) is 6.94. The number of aryl methyl sites for hydroxylation is 1. The van der Waals surface area contributed by atoms with Gasteiger partial charge in [0.25, 0.3) is 11.8 Å².